The molecule has 0 saturated carbocycles. The van der Waals surface area contributed by atoms with Crippen molar-refractivity contribution >= 4 is 5.91 Å². The van der Waals surface area contributed by atoms with Crippen LogP contribution in [0.2, 0.25) is 0 Å². The van der Waals surface area contributed by atoms with Gasteiger partial charge in [0.2, 0.25) is 5.76 Å². The van der Waals surface area contributed by atoms with Crippen molar-refractivity contribution in [2.45, 2.75) is 19.4 Å². The number of aromatic nitrogens is 3. The van der Waals surface area contributed by atoms with Crippen LogP contribution in [0.3, 0.4) is 0 Å². The maximum atomic E-state index is 12.8. The Hall–Kier alpha value is -3.61. The summed E-state index contributed by atoms with van der Waals surface area (Å²) in [6, 6.07) is 15.4. The molecule has 4 heterocycles. The fraction of sp³-hybridized carbons (Fsp3) is 0.261. The van der Waals surface area contributed by atoms with Crippen LogP contribution in [0.15, 0.2) is 76.1 Å². The van der Waals surface area contributed by atoms with Gasteiger partial charge in [-0.2, -0.15) is 0 Å². The number of nitrogens with zero attached hydrogens (tertiary/aromatic N) is 4. The van der Waals surface area contributed by atoms with E-state index in [4.69, 9.17) is 8.94 Å². The number of benzene rings is 1. The number of rotatable bonds is 5. The van der Waals surface area contributed by atoms with E-state index in [9.17, 15) is 4.79 Å². The summed E-state index contributed by atoms with van der Waals surface area (Å²) in [6.07, 6.45) is 7.34. The van der Waals surface area contributed by atoms with Gasteiger partial charge >= 0.3 is 0 Å². The highest BCUT2D eigenvalue weighted by molar-refractivity contribution is 5.93. The van der Waals surface area contributed by atoms with Crippen molar-refractivity contribution < 1.29 is 13.7 Å². The number of amides is 1. The molecule has 3 aromatic heterocycles. The zero-order chi connectivity index (χ0) is 20.3. The minimum atomic E-state index is -0.0948. The number of hydrogen-bond donors (Lipinski definition) is 0. The molecule has 7 nitrogen and oxygen atoms in total. The summed E-state index contributed by atoms with van der Waals surface area (Å²) < 4.78 is 12.8. The molecule has 5 rings (SSSR count). The van der Waals surface area contributed by atoms with Crippen molar-refractivity contribution in [2.24, 2.45) is 5.92 Å². The van der Waals surface area contributed by atoms with Crippen LogP contribution in [0, 0.1) is 5.92 Å². The predicted octanol–water partition coefficient (Wildman–Crippen LogP) is 4.35. The second kappa shape index (κ2) is 8.02. The molecule has 0 atom stereocenters. The fourth-order valence-electron chi connectivity index (χ4n) is 3.97. The molecule has 7 heteroatoms. The van der Waals surface area contributed by atoms with Gasteiger partial charge in [-0.1, -0.05) is 35.5 Å². The molecule has 1 aromatic carbocycles. The van der Waals surface area contributed by atoms with Gasteiger partial charge in [0, 0.05) is 43.7 Å². The van der Waals surface area contributed by atoms with Crippen LogP contribution in [0.25, 0.3) is 22.9 Å². The van der Waals surface area contributed by atoms with E-state index < -0.39 is 0 Å². The Morgan fingerprint density at radius 1 is 1.07 bits per heavy atom. The van der Waals surface area contributed by atoms with E-state index in [1.54, 1.807) is 24.5 Å². The van der Waals surface area contributed by atoms with E-state index in [1.165, 1.54) is 0 Å². The average molecular weight is 402 g/mol. The molecule has 1 fully saturated rings. The number of carbonyl (C=O) groups is 1. The molecule has 0 radical (unpaired) electrons. The third kappa shape index (κ3) is 3.66. The highest BCUT2D eigenvalue weighted by Crippen LogP contribution is 2.25. The monoisotopic (exact) mass is 402 g/mol. The van der Waals surface area contributed by atoms with Gasteiger partial charge < -0.3 is 18.4 Å². The number of hydrogen-bond acceptors (Lipinski definition) is 5. The molecule has 152 valence electrons. The minimum Gasteiger partial charge on any atom is -0.461 e. The molecular formula is C23H22N4O3. The molecule has 30 heavy (non-hydrogen) atoms. The summed E-state index contributed by atoms with van der Waals surface area (Å²) >= 11 is 0. The SMILES string of the molecule is O=C(c1cc(-c2ccco2)on1)N1CCC(Cn2ccnc2-c2ccccc2)CC1. The smallest absolute Gasteiger partial charge is 0.276 e. The van der Waals surface area contributed by atoms with Gasteiger partial charge in [-0.05, 0) is 30.9 Å². The molecule has 1 amide bonds. The number of imidazole rings is 1. The van der Waals surface area contributed by atoms with Crippen molar-refractivity contribution in [3.05, 3.63) is 72.9 Å². The Morgan fingerprint density at radius 2 is 1.90 bits per heavy atom. The lowest BCUT2D eigenvalue weighted by Gasteiger charge is -2.31. The van der Waals surface area contributed by atoms with Crippen LogP contribution < -0.4 is 0 Å². The van der Waals surface area contributed by atoms with E-state index in [1.807, 2.05) is 35.5 Å². The van der Waals surface area contributed by atoms with E-state index in [0.29, 0.717) is 36.2 Å². The molecule has 0 N–H and O–H groups in total. The molecule has 0 spiro atoms. The lowest BCUT2D eigenvalue weighted by molar-refractivity contribution is 0.0672. The first-order valence-corrected chi connectivity index (χ1v) is 10.1. The van der Waals surface area contributed by atoms with Gasteiger partial charge in [-0.15, -0.1) is 0 Å². The first-order chi connectivity index (χ1) is 14.8. The quantitative estimate of drug-likeness (QED) is 0.496. The Labute approximate surface area is 173 Å². The van der Waals surface area contributed by atoms with Gasteiger partial charge in [-0.3, -0.25) is 4.79 Å². The van der Waals surface area contributed by atoms with E-state index >= 15 is 0 Å². The second-order valence-corrected chi connectivity index (χ2v) is 7.56. The molecule has 0 aliphatic carbocycles. The first kappa shape index (κ1) is 18.4. The van der Waals surface area contributed by atoms with Gasteiger partial charge in [0.15, 0.2) is 11.5 Å². The summed E-state index contributed by atoms with van der Waals surface area (Å²) in [5, 5.41) is 3.93. The third-order valence-corrected chi connectivity index (χ3v) is 5.60. The third-order valence-electron chi connectivity index (χ3n) is 5.60. The van der Waals surface area contributed by atoms with Crippen molar-refractivity contribution in [3.63, 3.8) is 0 Å². The highest BCUT2D eigenvalue weighted by atomic mass is 16.5. The van der Waals surface area contributed by atoms with Crippen molar-refractivity contribution in [2.75, 3.05) is 13.1 Å². The standard InChI is InChI=1S/C23H22N4O3/c28-23(19-15-21(30-25-19)20-7-4-14-29-20)26-11-8-17(9-12-26)16-27-13-10-24-22(27)18-5-2-1-3-6-18/h1-7,10,13-15,17H,8-9,11-12,16H2. The maximum absolute atomic E-state index is 12.8. The topological polar surface area (TPSA) is 77.3 Å². The molecule has 0 bridgehead atoms. The van der Waals surface area contributed by atoms with Crippen LogP contribution in [0.1, 0.15) is 23.3 Å². The van der Waals surface area contributed by atoms with Gasteiger partial charge in [-0.25, -0.2) is 4.98 Å². The maximum Gasteiger partial charge on any atom is 0.276 e. The summed E-state index contributed by atoms with van der Waals surface area (Å²) in [4.78, 5) is 19.2. The molecule has 4 aromatic rings. The zero-order valence-electron chi connectivity index (χ0n) is 16.5. The Balaban J connectivity index is 1.20. The normalized spacial score (nSPS) is 14.9. The number of likely N-dealkylation sites (tertiary alicyclic amines) is 1. The van der Waals surface area contributed by atoms with Crippen LogP contribution in [0.5, 0.6) is 0 Å². The van der Waals surface area contributed by atoms with Gasteiger partial charge in [0.05, 0.1) is 6.26 Å². The molecular weight excluding hydrogens is 380 g/mol. The second-order valence-electron chi connectivity index (χ2n) is 7.56. The molecule has 1 aliphatic heterocycles. The van der Waals surface area contributed by atoms with E-state index in [0.717, 1.165) is 30.8 Å². The summed E-state index contributed by atoms with van der Waals surface area (Å²) in [6.45, 7) is 2.32. The lowest BCUT2D eigenvalue weighted by atomic mass is 9.96. The Bertz CT molecular complexity index is 1110. The number of piperidine rings is 1. The summed E-state index contributed by atoms with van der Waals surface area (Å²) in [5.74, 6) is 2.42. The molecule has 1 aliphatic rings. The average Bonchev–Trinajstić information content (AvgIpc) is 3.55. The van der Waals surface area contributed by atoms with Crippen LogP contribution in [-0.4, -0.2) is 38.6 Å². The Kier molecular flexibility index (Phi) is 4.93. The highest BCUT2D eigenvalue weighted by Gasteiger charge is 2.26. The van der Waals surface area contributed by atoms with Gasteiger partial charge in [0.25, 0.3) is 5.91 Å². The number of furan rings is 1. The van der Waals surface area contributed by atoms with E-state index in [2.05, 4.69) is 26.8 Å². The van der Waals surface area contributed by atoms with Gasteiger partial charge in [0.1, 0.15) is 5.82 Å². The predicted molar refractivity (Wildman–Crippen MR) is 110 cm³/mol. The fourth-order valence-corrected chi connectivity index (χ4v) is 3.97. The molecule has 0 unspecified atom stereocenters. The van der Waals surface area contributed by atoms with Crippen molar-refractivity contribution in [1.82, 2.24) is 19.6 Å². The minimum absolute atomic E-state index is 0.0948. The van der Waals surface area contributed by atoms with Crippen LogP contribution in [0.4, 0.5) is 0 Å². The van der Waals surface area contributed by atoms with Crippen molar-refractivity contribution in [3.8, 4) is 22.9 Å². The largest absolute Gasteiger partial charge is 0.461 e. The summed E-state index contributed by atoms with van der Waals surface area (Å²) in [5.41, 5.74) is 1.44. The van der Waals surface area contributed by atoms with Crippen LogP contribution >= 0.6 is 0 Å². The van der Waals surface area contributed by atoms with E-state index in [-0.39, 0.29) is 5.91 Å². The Morgan fingerprint density at radius 3 is 2.67 bits per heavy atom. The van der Waals surface area contributed by atoms with Crippen LogP contribution in [-0.2, 0) is 6.54 Å². The lowest BCUT2D eigenvalue weighted by Crippen LogP contribution is -2.39. The molecule has 1 saturated heterocycles. The summed E-state index contributed by atoms with van der Waals surface area (Å²) in [7, 11) is 0. The zero-order valence-corrected chi connectivity index (χ0v) is 16.5. The first-order valence-electron chi connectivity index (χ1n) is 10.1. The van der Waals surface area contributed by atoms with Crippen molar-refractivity contribution in [1.29, 1.82) is 0 Å². The number of carbonyl (C=O) groups excluding carboxylic acids is 1.